The minimum atomic E-state index is 0.405. The summed E-state index contributed by atoms with van der Waals surface area (Å²) in [7, 11) is 0. The molecule has 0 aliphatic carbocycles. The van der Waals surface area contributed by atoms with Crippen molar-refractivity contribution in [2.24, 2.45) is 4.99 Å². The van der Waals surface area contributed by atoms with E-state index in [0.29, 0.717) is 6.73 Å². The van der Waals surface area contributed by atoms with Crippen LogP contribution in [-0.4, -0.2) is 22.7 Å². The Bertz CT molecular complexity index is 805. The largest absolute Gasteiger partial charge is 0.470 e. The summed E-state index contributed by atoms with van der Waals surface area (Å²) in [5.41, 5.74) is 4.55. The predicted molar refractivity (Wildman–Crippen MR) is 85.9 cm³/mol. The monoisotopic (exact) mass is 289 g/mol. The maximum Gasteiger partial charge on any atom is 0.179 e. The molecule has 0 bridgehead atoms. The van der Waals surface area contributed by atoms with Gasteiger partial charge in [-0.1, -0.05) is 24.3 Å². The van der Waals surface area contributed by atoms with Crippen molar-refractivity contribution in [2.45, 2.75) is 6.42 Å². The van der Waals surface area contributed by atoms with Crippen molar-refractivity contribution in [1.82, 2.24) is 9.78 Å². The third kappa shape index (κ3) is 2.39. The Morgan fingerprint density at radius 2 is 1.95 bits per heavy atom. The molecule has 0 saturated heterocycles. The highest BCUT2D eigenvalue weighted by molar-refractivity contribution is 5.85. The highest BCUT2D eigenvalue weighted by Gasteiger charge is 2.11. The molecule has 22 heavy (non-hydrogen) atoms. The molecule has 1 aliphatic rings. The van der Waals surface area contributed by atoms with Crippen LogP contribution in [0, 0.1) is 0 Å². The quantitative estimate of drug-likeness (QED) is 0.742. The van der Waals surface area contributed by atoms with Gasteiger partial charge in [0.25, 0.3) is 0 Å². The summed E-state index contributed by atoms with van der Waals surface area (Å²) < 4.78 is 7.55. The zero-order valence-corrected chi connectivity index (χ0v) is 12.0. The lowest BCUT2D eigenvalue weighted by Crippen LogP contribution is -2.07. The Morgan fingerprint density at radius 3 is 2.77 bits per heavy atom. The van der Waals surface area contributed by atoms with Crippen LogP contribution in [0.1, 0.15) is 16.7 Å². The zero-order valence-electron chi connectivity index (χ0n) is 12.0. The van der Waals surface area contributed by atoms with Crippen molar-refractivity contribution < 1.29 is 4.74 Å². The van der Waals surface area contributed by atoms with Crippen molar-refractivity contribution in [3.05, 3.63) is 77.6 Å². The maximum atomic E-state index is 5.70. The molecule has 0 radical (unpaired) electrons. The van der Waals surface area contributed by atoms with Crippen molar-refractivity contribution in [3.8, 4) is 11.4 Å². The fraction of sp³-hybridized carbons (Fsp3) is 0.111. The Balaban J connectivity index is 1.61. The molecule has 3 aromatic rings. The standard InChI is InChI=1S/C18H15N3O/c1-3-15(18-16(4-1)12-19-13-22-18)11-14-5-7-17(8-6-14)21-10-2-9-20-21/h1-10,12H,11,13H2. The van der Waals surface area contributed by atoms with E-state index in [-0.39, 0.29) is 0 Å². The van der Waals surface area contributed by atoms with Crippen LogP contribution < -0.4 is 4.74 Å². The van der Waals surface area contributed by atoms with E-state index >= 15 is 0 Å². The minimum Gasteiger partial charge on any atom is -0.470 e. The first-order chi connectivity index (χ1) is 10.9. The van der Waals surface area contributed by atoms with E-state index in [2.05, 4.69) is 40.4 Å². The number of aromatic nitrogens is 2. The molecule has 4 heteroatoms. The van der Waals surface area contributed by atoms with Gasteiger partial charge in [0, 0.05) is 30.6 Å². The molecule has 0 unspecified atom stereocenters. The molecule has 0 amide bonds. The highest BCUT2D eigenvalue weighted by atomic mass is 16.5. The molecule has 108 valence electrons. The van der Waals surface area contributed by atoms with E-state index in [4.69, 9.17) is 4.74 Å². The number of benzene rings is 2. The van der Waals surface area contributed by atoms with Crippen LogP contribution in [0.3, 0.4) is 0 Å². The Kier molecular flexibility index (Phi) is 3.20. The fourth-order valence-corrected chi connectivity index (χ4v) is 2.67. The minimum absolute atomic E-state index is 0.405. The summed E-state index contributed by atoms with van der Waals surface area (Å²) in [6.07, 6.45) is 6.44. The van der Waals surface area contributed by atoms with Crippen LogP contribution in [0.25, 0.3) is 5.69 Å². The van der Waals surface area contributed by atoms with Crippen molar-refractivity contribution in [2.75, 3.05) is 6.73 Å². The summed E-state index contributed by atoms with van der Waals surface area (Å²) >= 11 is 0. The van der Waals surface area contributed by atoms with Gasteiger partial charge >= 0.3 is 0 Å². The van der Waals surface area contributed by atoms with Crippen LogP contribution in [0.5, 0.6) is 5.75 Å². The fourth-order valence-electron chi connectivity index (χ4n) is 2.67. The van der Waals surface area contributed by atoms with E-state index in [1.807, 2.05) is 35.3 Å². The lowest BCUT2D eigenvalue weighted by atomic mass is 10.0. The molecular weight excluding hydrogens is 274 g/mol. The SMILES string of the molecule is C1=NCOc2c1cccc2Cc1ccc(-n2cccn2)cc1. The second kappa shape index (κ2) is 5.48. The number of fused-ring (bicyclic) bond motifs is 1. The van der Waals surface area contributed by atoms with Gasteiger partial charge in [0.15, 0.2) is 6.73 Å². The Hall–Kier alpha value is -2.88. The summed E-state index contributed by atoms with van der Waals surface area (Å²) in [5.74, 6) is 0.952. The average molecular weight is 289 g/mol. The number of aliphatic imine (C=N–C) groups is 1. The molecule has 0 saturated carbocycles. The maximum absolute atomic E-state index is 5.70. The van der Waals surface area contributed by atoms with Crippen LogP contribution in [-0.2, 0) is 6.42 Å². The Labute approximate surface area is 128 Å². The second-order valence-corrected chi connectivity index (χ2v) is 5.21. The first-order valence-corrected chi connectivity index (χ1v) is 7.24. The van der Waals surface area contributed by atoms with Gasteiger partial charge in [0.1, 0.15) is 5.75 Å². The summed E-state index contributed by atoms with van der Waals surface area (Å²) in [6, 6.07) is 16.5. The number of nitrogens with zero attached hydrogens (tertiary/aromatic N) is 3. The van der Waals surface area contributed by atoms with Crippen LogP contribution in [0.2, 0.25) is 0 Å². The molecule has 1 aromatic heterocycles. The summed E-state index contributed by atoms with van der Waals surface area (Å²) in [6.45, 7) is 0.405. The van der Waals surface area contributed by atoms with Gasteiger partial charge < -0.3 is 4.74 Å². The van der Waals surface area contributed by atoms with Crippen LogP contribution in [0.15, 0.2) is 65.9 Å². The lowest BCUT2D eigenvalue weighted by molar-refractivity contribution is 0.323. The second-order valence-electron chi connectivity index (χ2n) is 5.21. The van der Waals surface area contributed by atoms with E-state index in [1.165, 1.54) is 11.1 Å². The van der Waals surface area contributed by atoms with E-state index in [1.54, 1.807) is 6.20 Å². The molecule has 0 fully saturated rings. The van der Waals surface area contributed by atoms with Crippen molar-refractivity contribution in [1.29, 1.82) is 0 Å². The van der Waals surface area contributed by atoms with Crippen LogP contribution in [0.4, 0.5) is 0 Å². The van der Waals surface area contributed by atoms with Gasteiger partial charge in [-0.15, -0.1) is 0 Å². The summed E-state index contributed by atoms with van der Waals surface area (Å²) in [4.78, 5) is 4.15. The zero-order chi connectivity index (χ0) is 14.8. The molecule has 2 aromatic carbocycles. The van der Waals surface area contributed by atoms with E-state index in [0.717, 1.165) is 23.4 Å². The number of para-hydroxylation sites is 1. The number of hydrogen-bond acceptors (Lipinski definition) is 3. The molecule has 0 spiro atoms. The van der Waals surface area contributed by atoms with Crippen molar-refractivity contribution in [3.63, 3.8) is 0 Å². The third-order valence-corrected chi connectivity index (χ3v) is 3.74. The molecule has 0 N–H and O–H groups in total. The van der Waals surface area contributed by atoms with Crippen molar-refractivity contribution >= 4 is 6.21 Å². The third-order valence-electron chi connectivity index (χ3n) is 3.74. The number of hydrogen-bond donors (Lipinski definition) is 0. The molecule has 4 nitrogen and oxygen atoms in total. The van der Waals surface area contributed by atoms with Gasteiger partial charge in [-0.3, -0.25) is 4.99 Å². The van der Waals surface area contributed by atoms with Gasteiger partial charge in [-0.25, -0.2) is 4.68 Å². The van der Waals surface area contributed by atoms with E-state index < -0.39 is 0 Å². The van der Waals surface area contributed by atoms with Gasteiger partial charge in [-0.2, -0.15) is 5.10 Å². The smallest absolute Gasteiger partial charge is 0.179 e. The molecule has 2 heterocycles. The molecule has 0 atom stereocenters. The van der Waals surface area contributed by atoms with E-state index in [9.17, 15) is 0 Å². The first-order valence-electron chi connectivity index (χ1n) is 7.24. The topological polar surface area (TPSA) is 39.4 Å². The molecule has 1 aliphatic heterocycles. The normalized spacial score (nSPS) is 12.7. The molecule has 4 rings (SSSR count). The predicted octanol–water partition coefficient (Wildman–Crippen LogP) is 3.23. The van der Waals surface area contributed by atoms with Gasteiger partial charge in [-0.05, 0) is 35.4 Å². The average Bonchev–Trinajstić information content (AvgIpc) is 3.10. The summed E-state index contributed by atoms with van der Waals surface area (Å²) in [5, 5.41) is 4.24. The van der Waals surface area contributed by atoms with Crippen LogP contribution >= 0.6 is 0 Å². The lowest BCUT2D eigenvalue weighted by Gasteiger charge is -2.16. The number of rotatable bonds is 3. The Morgan fingerprint density at radius 1 is 1.05 bits per heavy atom. The first kappa shape index (κ1) is 12.8. The number of ether oxygens (including phenoxy) is 1. The van der Waals surface area contributed by atoms with Gasteiger partial charge in [0.05, 0.1) is 5.69 Å². The van der Waals surface area contributed by atoms with Gasteiger partial charge in [0.2, 0.25) is 0 Å². The highest BCUT2D eigenvalue weighted by Crippen LogP contribution is 2.27. The molecular formula is C18H15N3O.